The van der Waals surface area contributed by atoms with Crippen LogP contribution in [0.1, 0.15) is 15.9 Å². The summed E-state index contributed by atoms with van der Waals surface area (Å²) in [4.78, 5) is 11.0. The summed E-state index contributed by atoms with van der Waals surface area (Å²) in [6, 6.07) is 3.27. The Morgan fingerprint density at radius 3 is 2.79 bits per heavy atom. The molecule has 0 saturated carbocycles. The predicted molar refractivity (Wildman–Crippen MR) is 44.1 cm³/mol. The molecule has 0 atom stereocenters. The van der Waals surface area contributed by atoms with E-state index in [4.69, 9.17) is 10.4 Å². The number of nitrogens with zero attached hydrogens (tertiary/aromatic N) is 1. The fourth-order valence-corrected chi connectivity index (χ4v) is 0.933. The van der Waals surface area contributed by atoms with Gasteiger partial charge in [-0.25, -0.2) is 9.18 Å². The molecule has 4 nitrogen and oxygen atoms in total. The SMILES string of the molecule is COC(=O)c1cc(O)c(F)cc1C#N. The van der Waals surface area contributed by atoms with Crippen LogP contribution in [0.4, 0.5) is 4.39 Å². The van der Waals surface area contributed by atoms with Crippen LogP contribution >= 0.6 is 0 Å². The average molecular weight is 195 g/mol. The van der Waals surface area contributed by atoms with Gasteiger partial charge in [-0.2, -0.15) is 5.26 Å². The summed E-state index contributed by atoms with van der Waals surface area (Å²) in [5.41, 5.74) is -0.332. The second-order valence-electron chi connectivity index (χ2n) is 2.45. The highest BCUT2D eigenvalue weighted by molar-refractivity contribution is 5.92. The highest BCUT2D eigenvalue weighted by Gasteiger charge is 2.15. The lowest BCUT2D eigenvalue weighted by atomic mass is 10.1. The Balaban J connectivity index is 3.36. The maximum Gasteiger partial charge on any atom is 0.339 e. The monoisotopic (exact) mass is 195 g/mol. The van der Waals surface area contributed by atoms with Crippen LogP contribution in [-0.4, -0.2) is 18.2 Å². The number of esters is 1. The van der Waals surface area contributed by atoms with Gasteiger partial charge in [0.25, 0.3) is 0 Å². The van der Waals surface area contributed by atoms with Crippen molar-refractivity contribution < 1.29 is 19.0 Å². The van der Waals surface area contributed by atoms with E-state index in [1.165, 1.54) is 0 Å². The van der Waals surface area contributed by atoms with Gasteiger partial charge in [0, 0.05) is 0 Å². The van der Waals surface area contributed by atoms with Crippen LogP contribution < -0.4 is 0 Å². The van der Waals surface area contributed by atoms with E-state index in [9.17, 15) is 9.18 Å². The number of halogens is 1. The lowest BCUT2D eigenvalue weighted by Gasteiger charge is -2.02. The second kappa shape index (κ2) is 3.75. The van der Waals surface area contributed by atoms with Crippen molar-refractivity contribution >= 4 is 5.97 Å². The molecule has 5 heteroatoms. The number of aromatic hydroxyl groups is 1. The van der Waals surface area contributed by atoms with Gasteiger partial charge >= 0.3 is 5.97 Å². The largest absolute Gasteiger partial charge is 0.505 e. The zero-order valence-corrected chi connectivity index (χ0v) is 7.24. The maximum absolute atomic E-state index is 12.8. The third kappa shape index (κ3) is 1.64. The average Bonchev–Trinajstić information content (AvgIpc) is 2.20. The molecule has 0 unspecified atom stereocenters. The first kappa shape index (κ1) is 9.99. The Kier molecular flexibility index (Phi) is 2.67. The van der Waals surface area contributed by atoms with Gasteiger partial charge in [0.2, 0.25) is 0 Å². The first-order valence-electron chi connectivity index (χ1n) is 3.61. The van der Waals surface area contributed by atoms with Gasteiger partial charge in [-0.3, -0.25) is 0 Å². The Hall–Kier alpha value is -2.09. The minimum absolute atomic E-state index is 0.158. The number of hydrogen-bond acceptors (Lipinski definition) is 4. The van der Waals surface area contributed by atoms with Crippen molar-refractivity contribution in [2.24, 2.45) is 0 Å². The Labute approximate surface area is 79.2 Å². The van der Waals surface area contributed by atoms with E-state index in [1.54, 1.807) is 6.07 Å². The first-order chi connectivity index (χ1) is 6.60. The second-order valence-corrected chi connectivity index (χ2v) is 2.45. The predicted octanol–water partition coefficient (Wildman–Crippen LogP) is 1.19. The van der Waals surface area contributed by atoms with E-state index in [0.717, 1.165) is 19.2 Å². The molecule has 0 spiro atoms. The standard InChI is InChI=1S/C9H6FNO3/c1-14-9(13)6-3-8(12)7(10)2-5(6)4-11/h2-3,12H,1H3. The fraction of sp³-hybridized carbons (Fsp3) is 0.111. The molecule has 1 aromatic carbocycles. The molecule has 0 aliphatic heterocycles. The number of methoxy groups -OCH3 is 1. The molecule has 14 heavy (non-hydrogen) atoms. The van der Waals surface area contributed by atoms with Crippen LogP contribution in [0.25, 0.3) is 0 Å². The van der Waals surface area contributed by atoms with E-state index in [1.807, 2.05) is 0 Å². The maximum atomic E-state index is 12.8. The Morgan fingerprint density at radius 1 is 1.64 bits per heavy atom. The third-order valence-electron chi connectivity index (χ3n) is 1.61. The lowest BCUT2D eigenvalue weighted by Crippen LogP contribution is -2.04. The molecule has 1 N–H and O–H groups in total. The Bertz CT molecular complexity index is 423. The summed E-state index contributed by atoms with van der Waals surface area (Å²) in [5, 5.41) is 17.5. The minimum Gasteiger partial charge on any atom is -0.505 e. The number of phenols is 1. The number of ether oxygens (including phenoxy) is 1. The highest BCUT2D eigenvalue weighted by atomic mass is 19.1. The number of nitriles is 1. The van der Waals surface area contributed by atoms with E-state index < -0.39 is 17.5 Å². The van der Waals surface area contributed by atoms with Crippen LogP contribution in [0, 0.1) is 17.1 Å². The zero-order chi connectivity index (χ0) is 10.7. The summed E-state index contributed by atoms with van der Waals surface area (Å²) in [6.45, 7) is 0. The molecule has 0 heterocycles. The quantitative estimate of drug-likeness (QED) is 0.683. The first-order valence-corrected chi connectivity index (χ1v) is 3.61. The molecule has 0 radical (unpaired) electrons. The normalized spacial score (nSPS) is 9.21. The van der Waals surface area contributed by atoms with Gasteiger partial charge < -0.3 is 9.84 Å². The number of carbonyl (C=O) groups is 1. The van der Waals surface area contributed by atoms with E-state index in [-0.39, 0.29) is 11.1 Å². The van der Waals surface area contributed by atoms with E-state index in [2.05, 4.69) is 4.74 Å². The molecule has 0 aliphatic rings. The summed E-state index contributed by atoms with van der Waals surface area (Å²) >= 11 is 0. The number of benzene rings is 1. The Morgan fingerprint density at radius 2 is 2.29 bits per heavy atom. The molecule has 1 rings (SSSR count). The molecule has 72 valence electrons. The third-order valence-corrected chi connectivity index (χ3v) is 1.61. The van der Waals surface area contributed by atoms with Gasteiger partial charge in [-0.15, -0.1) is 0 Å². The van der Waals surface area contributed by atoms with Crippen LogP contribution in [-0.2, 0) is 4.74 Å². The topological polar surface area (TPSA) is 70.3 Å². The summed E-state index contributed by atoms with van der Waals surface area (Å²) in [7, 11) is 1.13. The molecule has 0 aromatic heterocycles. The van der Waals surface area contributed by atoms with Crippen molar-refractivity contribution in [3.8, 4) is 11.8 Å². The molecule has 0 bridgehead atoms. The van der Waals surface area contributed by atoms with Crippen molar-refractivity contribution in [3.05, 3.63) is 29.1 Å². The summed E-state index contributed by atoms with van der Waals surface area (Å²) in [6.07, 6.45) is 0. The van der Waals surface area contributed by atoms with Crippen molar-refractivity contribution in [3.63, 3.8) is 0 Å². The van der Waals surface area contributed by atoms with Crippen molar-refractivity contribution in [1.82, 2.24) is 0 Å². The number of phenolic OH excluding ortho intramolecular Hbond substituents is 1. The molecular weight excluding hydrogens is 189 g/mol. The summed E-state index contributed by atoms with van der Waals surface area (Å²) < 4.78 is 17.1. The van der Waals surface area contributed by atoms with Crippen molar-refractivity contribution in [2.75, 3.05) is 7.11 Å². The smallest absolute Gasteiger partial charge is 0.339 e. The van der Waals surface area contributed by atoms with E-state index >= 15 is 0 Å². The van der Waals surface area contributed by atoms with Gasteiger partial charge in [0.05, 0.1) is 18.2 Å². The van der Waals surface area contributed by atoms with E-state index in [0.29, 0.717) is 0 Å². The molecule has 1 aromatic rings. The van der Waals surface area contributed by atoms with Crippen molar-refractivity contribution in [1.29, 1.82) is 5.26 Å². The number of rotatable bonds is 1. The fourth-order valence-electron chi connectivity index (χ4n) is 0.933. The van der Waals surface area contributed by atoms with Gasteiger partial charge in [0.1, 0.15) is 6.07 Å². The minimum atomic E-state index is -0.950. The molecule has 0 saturated heterocycles. The number of hydrogen-bond donors (Lipinski definition) is 1. The molecule has 0 fully saturated rings. The van der Waals surface area contributed by atoms with Gasteiger partial charge in [-0.1, -0.05) is 0 Å². The molecule has 0 amide bonds. The van der Waals surface area contributed by atoms with Crippen LogP contribution in [0.3, 0.4) is 0 Å². The summed E-state index contributed by atoms with van der Waals surface area (Å²) in [5.74, 6) is -2.43. The number of carbonyl (C=O) groups excluding carboxylic acids is 1. The molecular formula is C9H6FNO3. The zero-order valence-electron chi connectivity index (χ0n) is 7.24. The van der Waals surface area contributed by atoms with Crippen LogP contribution in [0.2, 0.25) is 0 Å². The lowest BCUT2D eigenvalue weighted by molar-refractivity contribution is 0.0600. The van der Waals surface area contributed by atoms with Gasteiger partial charge in [-0.05, 0) is 12.1 Å². The van der Waals surface area contributed by atoms with Crippen LogP contribution in [0.15, 0.2) is 12.1 Å². The van der Waals surface area contributed by atoms with Crippen molar-refractivity contribution in [2.45, 2.75) is 0 Å². The highest BCUT2D eigenvalue weighted by Crippen LogP contribution is 2.21. The molecule has 0 aliphatic carbocycles. The van der Waals surface area contributed by atoms with Crippen LogP contribution in [0.5, 0.6) is 5.75 Å². The van der Waals surface area contributed by atoms with Gasteiger partial charge in [0.15, 0.2) is 11.6 Å².